The van der Waals surface area contributed by atoms with Crippen LogP contribution < -0.4 is 10.6 Å². The molecule has 0 radical (unpaired) electrons. The van der Waals surface area contributed by atoms with Gasteiger partial charge in [0.25, 0.3) is 5.91 Å². The molecule has 1 heterocycles. The molecule has 32 heavy (non-hydrogen) atoms. The monoisotopic (exact) mass is 444 g/mol. The predicted molar refractivity (Wildman–Crippen MR) is 117 cm³/mol. The van der Waals surface area contributed by atoms with Gasteiger partial charge in [0, 0.05) is 32.5 Å². The van der Waals surface area contributed by atoms with Crippen molar-refractivity contribution in [2.24, 2.45) is 5.92 Å². The SMILES string of the molecule is CCOC(=O)N1CCC(C#N)(NC(=O)[C@H](CC(C)C)OC(=O)NCc2ccccc2)CC1. The number of alkyl carbamates (subject to hydrolysis) is 1. The van der Waals surface area contributed by atoms with Crippen LogP contribution in [0.1, 0.15) is 45.6 Å². The molecule has 1 atom stereocenters. The van der Waals surface area contributed by atoms with Crippen molar-refractivity contribution in [1.82, 2.24) is 15.5 Å². The van der Waals surface area contributed by atoms with Gasteiger partial charge in [0.1, 0.15) is 5.54 Å². The number of carbonyl (C=O) groups excluding carboxylic acids is 3. The summed E-state index contributed by atoms with van der Waals surface area (Å²) < 4.78 is 10.4. The molecule has 1 aromatic carbocycles. The highest BCUT2D eigenvalue weighted by atomic mass is 16.6. The highest BCUT2D eigenvalue weighted by Gasteiger charge is 2.40. The summed E-state index contributed by atoms with van der Waals surface area (Å²) in [6.45, 7) is 6.71. The maximum Gasteiger partial charge on any atom is 0.409 e. The summed E-state index contributed by atoms with van der Waals surface area (Å²) in [5.74, 6) is -0.420. The number of amides is 3. The highest BCUT2D eigenvalue weighted by molar-refractivity contribution is 5.84. The number of likely N-dealkylation sites (tertiary alicyclic amines) is 1. The predicted octanol–water partition coefficient (Wildman–Crippen LogP) is 2.96. The van der Waals surface area contributed by atoms with E-state index in [0.29, 0.717) is 19.5 Å². The van der Waals surface area contributed by atoms with E-state index in [9.17, 15) is 19.6 Å². The first-order chi connectivity index (χ1) is 15.3. The van der Waals surface area contributed by atoms with Gasteiger partial charge in [-0.2, -0.15) is 5.26 Å². The van der Waals surface area contributed by atoms with Crippen molar-refractivity contribution in [1.29, 1.82) is 5.26 Å². The van der Waals surface area contributed by atoms with E-state index >= 15 is 0 Å². The molecule has 0 aromatic heterocycles. The van der Waals surface area contributed by atoms with Crippen LogP contribution in [0.15, 0.2) is 30.3 Å². The molecule has 0 spiro atoms. The lowest BCUT2D eigenvalue weighted by Gasteiger charge is -2.37. The third-order valence-corrected chi connectivity index (χ3v) is 5.23. The zero-order valence-corrected chi connectivity index (χ0v) is 18.9. The first-order valence-corrected chi connectivity index (χ1v) is 10.9. The van der Waals surface area contributed by atoms with Gasteiger partial charge >= 0.3 is 12.2 Å². The second-order valence-electron chi connectivity index (χ2n) is 8.23. The Labute approximate surface area is 189 Å². The van der Waals surface area contributed by atoms with Crippen LogP contribution in [0.4, 0.5) is 9.59 Å². The van der Waals surface area contributed by atoms with E-state index < -0.39 is 29.7 Å². The van der Waals surface area contributed by atoms with Gasteiger partial charge in [0.05, 0.1) is 12.7 Å². The summed E-state index contributed by atoms with van der Waals surface area (Å²) in [7, 11) is 0. The number of carbonyl (C=O) groups is 3. The number of ether oxygens (including phenoxy) is 2. The van der Waals surface area contributed by atoms with Gasteiger partial charge in [0.15, 0.2) is 6.10 Å². The first-order valence-electron chi connectivity index (χ1n) is 10.9. The minimum Gasteiger partial charge on any atom is -0.450 e. The van der Waals surface area contributed by atoms with Crippen molar-refractivity contribution in [2.75, 3.05) is 19.7 Å². The zero-order chi connectivity index (χ0) is 23.6. The minimum atomic E-state index is -1.13. The molecule has 1 fully saturated rings. The van der Waals surface area contributed by atoms with Crippen LogP contribution >= 0.6 is 0 Å². The Morgan fingerprint density at radius 3 is 2.41 bits per heavy atom. The maximum absolute atomic E-state index is 13.0. The molecule has 1 aliphatic heterocycles. The summed E-state index contributed by atoms with van der Waals surface area (Å²) in [6, 6.07) is 11.5. The molecule has 2 N–H and O–H groups in total. The van der Waals surface area contributed by atoms with Crippen LogP contribution in [0, 0.1) is 17.2 Å². The summed E-state index contributed by atoms with van der Waals surface area (Å²) in [5, 5.41) is 15.2. The van der Waals surface area contributed by atoms with E-state index in [1.807, 2.05) is 44.2 Å². The van der Waals surface area contributed by atoms with E-state index in [4.69, 9.17) is 9.47 Å². The number of rotatable bonds is 8. The Hall–Kier alpha value is -3.28. The van der Waals surface area contributed by atoms with Crippen LogP contribution in [0.25, 0.3) is 0 Å². The van der Waals surface area contributed by atoms with Crippen LogP contribution in [-0.2, 0) is 20.8 Å². The summed E-state index contributed by atoms with van der Waals surface area (Å²) in [5.41, 5.74) is -0.217. The maximum atomic E-state index is 13.0. The first kappa shape index (κ1) is 25.0. The molecular weight excluding hydrogens is 412 g/mol. The molecule has 1 aromatic rings. The van der Waals surface area contributed by atoms with Crippen LogP contribution in [-0.4, -0.2) is 54.3 Å². The van der Waals surface area contributed by atoms with Crippen LogP contribution in [0.3, 0.4) is 0 Å². The number of nitriles is 1. The second-order valence-corrected chi connectivity index (χ2v) is 8.23. The van der Waals surface area contributed by atoms with E-state index in [2.05, 4.69) is 16.7 Å². The van der Waals surface area contributed by atoms with E-state index in [1.165, 1.54) is 4.90 Å². The molecular formula is C23H32N4O5. The van der Waals surface area contributed by atoms with Crippen molar-refractivity contribution in [2.45, 2.75) is 58.2 Å². The number of hydrogen-bond acceptors (Lipinski definition) is 6. The van der Waals surface area contributed by atoms with Gasteiger partial charge < -0.3 is 25.0 Å². The third kappa shape index (κ3) is 7.45. The number of nitrogens with zero attached hydrogens (tertiary/aromatic N) is 2. The fourth-order valence-electron chi connectivity index (χ4n) is 3.44. The lowest BCUT2D eigenvalue weighted by Crippen LogP contribution is -2.57. The topological polar surface area (TPSA) is 121 Å². The Balaban J connectivity index is 1.96. The number of hydrogen-bond donors (Lipinski definition) is 2. The van der Waals surface area contributed by atoms with Gasteiger partial charge in [-0.3, -0.25) is 4.79 Å². The Morgan fingerprint density at radius 2 is 1.84 bits per heavy atom. The van der Waals surface area contributed by atoms with Gasteiger partial charge in [-0.1, -0.05) is 44.2 Å². The van der Waals surface area contributed by atoms with Crippen molar-refractivity contribution < 1.29 is 23.9 Å². The van der Waals surface area contributed by atoms with Gasteiger partial charge in [-0.05, 0) is 24.8 Å². The standard InChI is InChI=1S/C23H32N4O5/c1-4-31-22(30)27-12-10-23(16-24,11-13-27)26-20(28)19(14-17(2)3)32-21(29)25-15-18-8-6-5-7-9-18/h5-9,17,19H,4,10-15H2,1-3H3,(H,25,29)(H,26,28)/t19-/m0/s1. The Kier molecular flexibility index (Phi) is 9.32. The fraction of sp³-hybridized carbons (Fsp3) is 0.565. The van der Waals surface area contributed by atoms with E-state index in [-0.39, 0.29) is 31.9 Å². The average molecular weight is 445 g/mol. The van der Waals surface area contributed by atoms with Crippen LogP contribution in [0.2, 0.25) is 0 Å². The molecule has 1 saturated heterocycles. The molecule has 0 bridgehead atoms. The molecule has 9 nitrogen and oxygen atoms in total. The molecule has 2 rings (SSSR count). The fourth-order valence-corrected chi connectivity index (χ4v) is 3.44. The summed E-state index contributed by atoms with van der Waals surface area (Å²) >= 11 is 0. The molecule has 0 unspecified atom stereocenters. The third-order valence-electron chi connectivity index (χ3n) is 5.23. The Bertz CT molecular complexity index is 813. The number of nitrogens with one attached hydrogen (secondary N) is 2. The van der Waals surface area contributed by atoms with Gasteiger partial charge in [-0.25, -0.2) is 9.59 Å². The van der Waals surface area contributed by atoms with Crippen LogP contribution in [0.5, 0.6) is 0 Å². The molecule has 0 saturated carbocycles. The lowest BCUT2D eigenvalue weighted by molar-refractivity contribution is -0.132. The van der Waals surface area contributed by atoms with Crippen molar-refractivity contribution in [3.63, 3.8) is 0 Å². The van der Waals surface area contributed by atoms with Gasteiger partial charge in [0.2, 0.25) is 0 Å². The van der Waals surface area contributed by atoms with E-state index in [0.717, 1.165) is 5.56 Å². The van der Waals surface area contributed by atoms with Crippen molar-refractivity contribution in [3.05, 3.63) is 35.9 Å². The lowest BCUT2D eigenvalue weighted by atomic mass is 9.88. The second kappa shape index (κ2) is 11.9. The van der Waals surface area contributed by atoms with Crippen molar-refractivity contribution >= 4 is 18.1 Å². The smallest absolute Gasteiger partial charge is 0.409 e. The zero-order valence-electron chi connectivity index (χ0n) is 18.9. The summed E-state index contributed by atoms with van der Waals surface area (Å²) in [6.07, 6.45) is -1.30. The summed E-state index contributed by atoms with van der Waals surface area (Å²) in [4.78, 5) is 38.7. The molecule has 9 heteroatoms. The number of benzene rings is 1. The van der Waals surface area contributed by atoms with E-state index in [1.54, 1.807) is 6.92 Å². The molecule has 174 valence electrons. The van der Waals surface area contributed by atoms with Crippen molar-refractivity contribution in [3.8, 4) is 6.07 Å². The Morgan fingerprint density at radius 1 is 1.19 bits per heavy atom. The normalized spacial score (nSPS) is 15.9. The quantitative estimate of drug-likeness (QED) is 0.636. The highest BCUT2D eigenvalue weighted by Crippen LogP contribution is 2.23. The largest absolute Gasteiger partial charge is 0.450 e. The molecule has 1 aliphatic rings. The molecule has 0 aliphatic carbocycles. The van der Waals surface area contributed by atoms with Gasteiger partial charge in [-0.15, -0.1) is 0 Å². The number of piperidine rings is 1. The minimum absolute atomic E-state index is 0.0939. The average Bonchev–Trinajstić information content (AvgIpc) is 2.78. The molecule has 3 amide bonds.